The molecule has 0 radical (unpaired) electrons. The number of urea groups is 1. The third kappa shape index (κ3) is 5.62. The zero-order chi connectivity index (χ0) is 28.4. The third-order valence-electron chi connectivity index (χ3n) is 8.67. The van der Waals surface area contributed by atoms with Crippen molar-refractivity contribution >= 4 is 31.8 Å². The first kappa shape index (κ1) is 28.9. The van der Waals surface area contributed by atoms with Crippen molar-refractivity contribution in [3.05, 3.63) is 47.2 Å². The predicted molar refractivity (Wildman–Crippen MR) is 154 cm³/mol. The molecule has 1 unspecified atom stereocenters. The van der Waals surface area contributed by atoms with Crippen LogP contribution in [0.2, 0.25) is 24.7 Å². The lowest BCUT2D eigenvalue weighted by Crippen LogP contribution is -2.52. The summed E-state index contributed by atoms with van der Waals surface area (Å²) in [5.74, 6) is 0.293. The molecular weight excluding hydrogens is 510 g/mol. The number of H-pyrrole nitrogens is 1. The summed E-state index contributed by atoms with van der Waals surface area (Å²) in [4.78, 5) is 41.1. The van der Waals surface area contributed by atoms with Gasteiger partial charge in [-0.3, -0.25) is 14.7 Å². The van der Waals surface area contributed by atoms with Crippen LogP contribution in [0.4, 0.5) is 10.6 Å². The summed E-state index contributed by atoms with van der Waals surface area (Å²) in [6, 6.07) is 8.75. The molecule has 9 nitrogen and oxygen atoms in total. The third-order valence-corrected chi connectivity index (χ3v) is 12.3. The Kier molecular flexibility index (Phi) is 8.25. The Morgan fingerprint density at radius 1 is 1.15 bits per heavy atom. The van der Waals surface area contributed by atoms with Crippen molar-refractivity contribution in [1.29, 1.82) is 0 Å². The highest BCUT2D eigenvalue weighted by Gasteiger charge is 2.54. The molecule has 3 amide bonds. The number of aromatic amines is 1. The van der Waals surface area contributed by atoms with Gasteiger partial charge in [0, 0.05) is 17.0 Å². The minimum atomic E-state index is -1.74. The summed E-state index contributed by atoms with van der Waals surface area (Å²) in [7, 11) is -1.74. The molecule has 2 heterocycles. The number of ether oxygens (including phenoxy) is 1. The lowest BCUT2D eigenvalue weighted by molar-refractivity contribution is -0.144. The maximum absolute atomic E-state index is 13.7. The Morgan fingerprint density at radius 2 is 1.85 bits per heavy atom. The van der Waals surface area contributed by atoms with Gasteiger partial charge in [-0.15, -0.1) is 0 Å². The molecule has 212 valence electrons. The molecule has 10 heteroatoms. The normalized spacial score (nSPS) is 18.1. The Labute approximate surface area is 232 Å². The van der Waals surface area contributed by atoms with Gasteiger partial charge in [0.1, 0.15) is 6.61 Å². The number of nitrogens with one attached hydrogen (secondary N) is 3. The number of nitrogens with zero attached hydrogens (tertiary/aromatic N) is 2. The predicted octanol–water partition coefficient (Wildman–Crippen LogP) is 5.85. The maximum atomic E-state index is 13.7. The molecule has 4 rings (SSSR count). The van der Waals surface area contributed by atoms with Gasteiger partial charge in [0.15, 0.2) is 5.82 Å². The van der Waals surface area contributed by atoms with Gasteiger partial charge in [0.05, 0.1) is 31.9 Å². The van der Waals surface area contributed by atoms with Crippen molar-refractivity contribution in [2.24, 2.45) is 0 Å². The number of aromatic nitrogens is 2. The number of hydrogen-bond acceptors (Lipinski definition) is 5. The number of carbonyl (C=O) groups excluding carboxylic acids is 3. The molecule has 1 aromatic heterocycles. The molecule has 1 aliphatic heterocycles. The minimum absolute atomic E-state index is 0.0527. The number of rotatable bonds is 10. The molecule has 1 saturated carbocycles. The van der Waals surface area contributed by atoms with Crippen LogP contribution in [0.1, 0.15) is 82.2 Å². The Morgan fingerprint density at radius 3 is 2.44 bits per heavy atom. The molecule has 2 aromatic rings. The van der Waals surface area contributed by atoms with Gasteiger partial charge in [0.25, 0.3) is 0 Å². The second kappa shape index (κ2) is 11.2. The standard InChI is InChI=1S/C29H43N5O4Si/c1-7-8-15-23(35)38-19-22(20-13-10-9-11-14-20)30-27(37)34-18-21-24(28(34,2)3)32-33-25(21)31-26(36)29(16-12-17-29)39(4,5)6/h9-11,13-14,22H,7-8,12,15-19H2,1-6H3,(H,30,37)(H2,31,32,33,36). The second-order valence-corrected chi connectivity index (χ2v) is 17.9. The van der Waals surface area contributed by atoms with E-state index in [9.17, 15) is 14.4 Å². The van der Waals surface area contributed by atoms with E-state index >= 15 is 0 Å². The molecule has 0 bridgehead atoms. The highest BCUT2D eigenvalue weighted by atomic mass is 28.3. The number of carbonyl (C=O) groups is 3. The SMILES string of the molecule is CCCCC(=O)OCC(NC(=O)N1Cc2c(NC(=O)C3([Si](C)(C)C)CCC3)n[nH]c2C1(C)C)c1ccccc1. The average Bonchev–Trinajstić information content (AvgIpc) is 3.36. The first-order valence-corrected chi connectivity index (χ1v) is 17.6. The van der Waals surface area contributed by atoms with E-state index in [2.05, 4.69) is 40.5 Å². The van der Waals surface area contributed by atoms with Crippen LogP contribution in [0.5, 0.6) is 0 Å². The molecule has 39 heavy (non-hydrogen) atoms. The number of esters is 1. The summed E-state index contributed by atoms with van der Waals surface area (Å²) in [6.45, 7) is 13.1. The van der Waals surface area contributed by atoms with Crippen molar-refractivity contribution in [2.45, 2.75) is 102 Å². The van der Waals surface area contributed by atoms with Crippen LogP contribution >= 0.6 is 0 Å². The van der Waals surface area contributed by atoms with Crippen LogP contribution in [0, 0.1) is 0 Å². The second-order valence-electron chi connectivity index (χ2n) is 12.4. The monoisotopic (exact) mass is 553 g/mol. The van der Waals surface area contributed by atoms with Crippen molar-refractivity contribution in [1.82, 2.24) is 20.4 Å². The zero-order valence-corrected chi connectivity index (χ0v) is 25.1. The molecule has 1 aliphatic carbocycles. The maximum Gasteiger partial charge on any atom is 0.319 e. The van der Waals surface area contributed by atoms with Crippen LogP contribution < -0.4 is 10.6 Å². The number of hydrogen-bond donors (Lipinski definition) is 3. The number of fused-ring (bicyclic) bond motifs is 1. The minimum Gasteiger partial charge on any atom is -0.463 e. The van der Waals surface area contributed by atoms with Gasteiger partial charge < -0.3 is 20.3 Å². The quantitative estimate of drug-likeness (QED) is 0.252. The molecule has 1 aromatic carbocycles. The average molecular weight is 554 g/mol. The van der Waals surface area contributed by atoms with E-state index in [1.807, 2.05) is 51.1 Å². The van der Waals surface area contributed by atoms with E-state index in [0.717, 1.165) is 48.9 Å². The van der Waals surface area contributed by atoms with E-state index < -0.39 is 19.7 Å². The topological polar surface area (TPSA) is 116 Å². The molecule has 3 N–H and O–H groups in total. The van der Waals surface area contributed by atoms with Gasteiger partial charge in [0.2, 0.25) is 5.91 Å². The van der Waals surface area contributed by atoms with Crippen molar-refractivity contribution in [2.75, 3.05) is 11.9 Å². The van der Waals surface area contributed by atoms with Crippen molar-refractivity contribution in [3.63, 3.8) is 0 Å². The van der Waals surface area contributed by atoms with E-state index in [0.29, 0.717) is 18.8 Å². The van der Waals surface area contributed by atoms with Crippen LogP contribution in [0.25, 0.3) is 0 Å². The van der Waals surface area contributed by atoms with Crippen LogP contribution in [0.3, 0.4) is 0 Å². The first-order valence-electron chi connectivity index (χ1n) is 14.1. The number of amides is 3. The van der Waals surface area contributed by atoms with Gasteiger partial charge in [-0.2, -0.15) is 5.10 Å². The fraction of sp³-hybridized carbons (Fsp3) is 0.586. The summed E-state index contributed by atoms with van der Waals surface area (Å²) < 4.78 is 5.53. The highest BCUT2D eigenvalue weighted by Crippen LogP contribution is 2.56. The molecular formula is C29H43N5O4Si. The van der Waals surface area contributed by atoms with Crippen molar-refractivity contribution in [3.8, 4) is 0 Å². The van der Waals surface area contributed by atoms with Gasteiger partial charge in [-0.05, 0) is 38.7 Å². The van der Waals surface area contributed by atoms with E-state index in [1.54, 1.807) is 4.90 Å². The smallest absolute Gasteiger partial charge is 0.319 e. The molecule has 1 atom stereocenters. The Hall–Kier alpha value is -3.14. The largest absolute Gasteiger partial charge is 0.463 e. The van der Waals surface area contributed by atoms with E-state index in [-0.39, 0.29) is 29.6 Å². The summed E-state index contributed by atoms with van der Waals surface area (Å²) >= 11 is 0. The van der Waals surface area contributed by atoms with Crippen LogP contribution in [-0.4, -0.2) is 47.7 Å². The highest BCUT2D eigenvalue weighted by molar-refractivity contribution is 6.83. The molecule has 0 saturated heterocycles. The fourth-order valence-corrected chi connectivity index (χ4v) is 8.32. The number of anilines is 1. The van der Waals surface area contributed by atoms with Crippen molar-refractivity contribution < 1.29 is 19.1 Å². The first-order chi connectivity index (χ1) is 18.4. The summed E-state index contributed by atoms with van der Waals surface area (Å²) in [6.07, 6.45) is 4.96. The lowest BCUT2D eigenvalue weighted by Gasteiger charge is -2.48. The molecule has 2 aliphatic rings. The summed E-state index contributed by atoms with van der Waals surface area (Å²) in [5, 5.41) is 13.5. The van der Waals surface area contributed by atoms with Gasteiger partial charge in [-0.25, -0.2) is 4.79 Å². The van der Waals surface area contributed by atoms with Gasteiger partial charge >= 0.3 is 12.0 Å². The zero-order valence-electron chi connectivity index (χ0n) is 24.1. The summed E-state index contributed by atoms with van der Waals surface area (Å²) in [5.41, 5.74) is 1.82. The number of benzene rings is 1. The van der Waals surface area contributed by atoms with Crippen LogP contribution in [0.15, 0.2) is 30.3 Å². The number of unbranched alkanes of at least 4 members (excludes halogenated alkanes) is 1. The van der Waals surface area contributed by atoms with Gasteiger partial charge in [-0.1, -0.05) is 69.7 Å². The lowest BCUT2D eigenvalue weighted by atomic mass is 9.83. The van der Waals surface area contributed by atoms with E-state index in [4.69, 9.17) is 4.74 Å². The fourth-order valence-electron chi connectivity index (χ4n) is 5.72. The molecule has 1 fully saturated rings. The Balaban J connectivity index is 1.49. The molecule has 0 spiro atoms. The van der Waals surface area contributed by atoms with E-state index in [1.165, 1.54) is 0 Å². The Bertz CT molecular complexity index is 1200. The van der Waals surface area contributed by atoms with Crippen LogP contribution in [-0.2, 0) is 26.4 Å².